The summed E-state index contributed by atoms with van der Waals surface area (Å²) in [6.07, 6.45) is 0. The first-order chi connectivity index (χ1) is 19.8. The second kappa shape index (κ2) is 18.0. The number of carbonyl (C=O) groups is 2. The molecule has 3 N–H and O–H groups in total. The van der Waals surface area contributed by atoms with Gasteiger partial charge in [-0.05, 0) is 27.8 Å². The van der Waals surface area contributed by atoms with Crippen LogP contribution in [0.1, 0.15) is 30.5 Å². The zero-order valence-electron chi connectivity index (χ0n) is 23.8. The smallest absolute Gasteiger partial charge is 0.323 e. The minimum atomic E-state index is -0.879. The lowest BCUT2D eigenvalue weighted by Gasteiger charge is -2.40. The number of carbonyl (C=O) groups excluding carboxylic acids is 2. The molecule has 0 aliphatic rings. The fourth-order valence-electron chi connectivity index (χ4n) is 4.19. The van der Waals surface area contributed by atoms with Crippen molar-refractivity contribution in [2.75, 3.05) is 14.2 Å². The molecule has 13 heteroatoms. The normalized spacial score (nSPS) is 13.1. The number of nitrogens with one attached hydrogen (secondary N) is 1. The van der Waals surface area contributed by atoms with Crippen LogP contribution in [0.3, 0.4) is 0 Å². The lowest BCUT2D eigenvalue weighted by molar-refractivity contribution is -0.144. The lowest BCUT2D eigenvalue weighted by Crippen LogP contribution is -2.56. The first kappa shape index (κ1) is 35.5. The molecule has 12 nitrogen and oxygen atoms in total. The number of hydrogen-bond donors (Lipinski definition) is 2. The zero-order chi connectivity index (χ0) is 30.3. The molecular weight excluding hydrogens is 560 g/mol. The maximum atomic E-state index is 12.7. The number of rotatable bonds is 11. The van der Waals surface area contributed by atoms with E-state index in [0.29, 0.717) is 0 Å². The van der Waals surface area contributed by atoms with Gasteiger partial charge in [0.05, 0.1) is 31.8 Å². The lowest BCUT2D eigenvalue weighted by atomic mass is 9.76. The van der Waals surface area contributed by atoms with Crippen LogP contribution in [0.25, 0.3) is 20.9 Å². The quantitative estimate of drug-likeness (QED) is 0.0979. The second-order valence-corrected chi connectivity index (χ2v) is 8.93. The Bertz CT molecular complexity index is 1260. The summed E-state index contributed by atoms with van der Waals surface area (Å²) in [5.41, 5.74) is 24.2. The van der Waals surface area contributed by atoms with Crippen molar-refractivity contribution in [3.8, 4) is 0 Å². The van der Waals surface area contributed by atoms with Crippen LogP contribution in [0.15, 0.2) is 101 Å². The van der Waals surface area contributed by atoms with Gasteiger partial charge in [0.1, 0.15) is 12.1 Å². The van der Waals surface area contributed by atoms with Crippen molar-refractivity contribution in [1.29, 1.82) is 0 Å². The van der Waals surface area contributed by atoms with Gasteiger partial charge >= 0.3 is 11.9 Å². The van der Waals surface area contributed by atoms with Crippen LogP contribution in [0, 0.1) is 0 Å². The molecule has 0 fully saturated rings. The average molecular weight is 595 g/mol. The van der Waals surface area contributed by atoms with Gasteiger partial charge in [-0.25, -0.2) is 0 Å². The molecule has 0 radical (unpaired) electrons. The van der Waals surface area contributed by atoms with E-state index in [2.05, 4.69) is 30.1 Å². The van der Waals surface area contributed by atoms with Gasteiger partial charge in [0.15, 0.2) is 0 Å². The third kappa shape index (κ3) is 8.97. The van der Waals surface area contributed by atoms with Crippen molar-refractivity contribution in [3.05, 3.63) is 129 Å². The monoisotopic (exact) mass is 594 g/mol. The topological polar surface area (TPSA) is 188 Å². The average Bonchev–Trinajstić information content (AvgIpc) is 3.02. The molecule has 4 atom stereocenters. The Hall–Kier alpha value is -4.57. The number of hydrogen-bond acceptors (Lipinski definition) is 8. The highest BCUT2D eigenvalue weighted by atomic mass is 35.5. The number of halogens is 1. The van der Waals surface area contributed by atoms with E-state index in [4.69, 9.17) is 21.5 Å². The molecule has 42 heavy (non-hydrogen) atoms. The van der Waals surface area contributed by atoms with E-state index in [-0.39, 0.29) is 12.4 Å². The number of esters is 2. The highest BCUT2D eigenvalue weighted by Crippen LogP contribution is 2.37. The van der Waals surface area contributed by atoms with Gasteiger partial charge in [0.25, 0.3) is 0 Å². The van der Waals surface area contributed by atoms with Crippen LogP contribution >= 0.6 is 12.4 Å². The van der Waals surface area contributed by atoms with E-state index in [1.807, 2.05) is 91.0 Å². The highest BCUT2D eigenvalue weighted by Gasteiger charge is 2.41. The molecule has 0 heterocycles. The molecule has 0 amide bonds. The zero-order valence-corrected chi connectivity index (χ0v) is 24.6. The van der Waals surface area contributed by atoms with Crippen LogP contribution in [0.5, 0.6) is 0 Å². The SMILES string of the molecule is COC(=O)[C@@H](N)C(C)N=[N+]=[N-].COC(=O)[C@@H](NC(c1ccccc1)(c1ccccc1)c1ccccc1)C(C)N=[N+]=[N-].Cl. The molecule has 3 rings (SSSR count). The van der Waals surface area contributed by atoms with Crippen LogP contribution < -0.4 is 11.1 Å². The summed E-state index contributed by atoms with van der Waals surface area (Å²) in [7, 11) is 2.56. The van der Waals surface area contributed by atoms with Gasteiger partial charge in [-0.1, -0.05) is 115 Å². The minimum Gasteiger partial charge on any atom is -0.468 e. The number of benzene rings is 3. The molecule has 0 spiro atoms. The molecule has 0 bridgehead atoms. The van der Waals surface area contributed by atoms with E-state index in [1.165, 1.54) is 14.2 Å². The summed E-state index contributed by atoms with van der Waals surface area (Å²) in [6.45, 7) is 3.24. The van der Waals surface area contributed by atoms with Crippen molar-refractivity contribution in [3.63, 3.8) is 0 Å². The predicted molar refractivity (Wildman–Crippen MR) is 163 cm³/mol. The summed E-state index contributed by atoms with van der Waals surface area (Å²) < 4.78 is 9.38. The number of ether oxygens (including phenoxy) is 2. The standard InChI is InChI=1S/C24H24N4O2.C5H10N4O2.ClH/c1-18(27-28-25)22(23(29)30-2)26-24(19-12-6-3-7-13-19,20-14-8-4-9-15-20)21-16-10-5-11-17-21;1-3(8-9-7)4(6)5(10)11-2;/h3-18,22,26H,1-2H3;3-4H,6H2,1-2H3;1H/t18?,22-;3?,4-;/m00./s1. The van der Waals surface area contributed by atoms with Crippen molar-refractivity contribution >= 4 is 24.3 Å². The molecule has 0 saturated heterocycles. The molecule has 0 aliphatic heterocycles. The minimum absolute atomic E-state index is 0. The number of azide groups is 2. The number of nitrogens with zero attached hydrogens (tertiary/aromatic N) is 6. The third-order valence-electron chi connectivity index (χ3n) is 6.39. The van der Waals surface area contributed by atoms with Gasteiger partial charge in [0, 0.05) is 9.82 Å². The Morgan fingerprint density at radius 3 is 1.43 bits per heavy atom. The maximum absolute atomic E-state index is 12.7. The third-order valence-corrected chi connectivity index (χ3v) is 6.39. The van der Waals surface area contributed by atoms with Crippen LogP contribution in [0.2, 0.25) is 0 Å². The molecule has 3 aromatic rings. The van der Waals surface area contributed by atoms with E-state index >= 15 is 0 Å². The Balaban J connectivity index is 0.000000628. The molecule has 2 unspecified atom stereocenters. The Labute approximate surface area is 250 Å². The van der Waals surface area contributed by atoms with E-state index in [9.17, 15) is 9.59 Å². The van der Waals surface area contributed by atoms with Crippen LogP contribution in [-0.2, 0) is 24.6 Å². The van der Waals surface area contributed by atoms with Gasteiger partial charge in [-0.3, -0.25) is 14.9 Å². The number of nitrogens with two attached hydrogens (primary N) is 1. The van der Waals surface area contributed by atoms with E-state index in [1.54, 1.807) is 13.8 Å². The maximum Gasteiger partial charge on any atom is 0.323 e. The van der Waals surface area contributed by atoms with Crippen molar-refractivity contribution in [2.45, 2.75) is 43.6 Å². The second-order valence-electron chi connectivity index (χ2n) is 8.93. The number of methoxy groups -OCH3 is 2. The molecule has 222 valence electrons. The van der Waals surface area contributed by atoms with E-state index in [0.717, 1.165) is 16.7 Å². The summed E-state index contributed by atoms with van der Waals surface area (Å²) in [4.78, 5) is 28.8. The first-order valence-corrected chi connectivity index (χ1v) is 12.7. The van der Waals surface area contributed by atoms with Crippen LogP contribution in [0.4, 0.5) is 0 Å². The van der Waals surface area contributed by atoms with Crippen molar-refractivity contribution in [2.24, 2.45) is 16.0 Å². The summed E-state index contributed by atoms with van der Waals surface area (Å²) in [5, 5.41) is 10.5. The first-order valence-electron chi connectivity index (χ1n) is 12.7. The van der Waals surface area contributed by atoms with Gasteiger partial charge in [-0.15, -0.1) is 12.4 Å². The Morgan fingerprint density at radius 1 is 0.738 bits per heavy atom. The van der Waals surface area contributed by atoms with Gasteiger partial charge in [0.2, 0.25) is 0 Å². The molecule has 0 aromatic heterocycles. The molecular formula is C29H35ClN8O4. The fourth-order valence-corrected chi connectivity index (χ4v) is 4.19. The summed E-state index contributed by atoms with van der Waals surface area (Å²) in [5.74, 6) is -1.08. The predicted octanol–water partition coefficient (Wildman–Crippen LogP) is 5.42. The Morgan fingerprint density at radius 2 is 1.10 bits per heavy atom. The highest BCUT2D eigenvalue weighted by molar-refractivity contribution is 5.85. The summed E-state index contributed by atoms with van der Waals surface area (Å²) in [6, 6.07) is 26.7. The largest absolute Gasteiger partial charge is 0.468 e. The van der Waals surface area contributed by atoms with E-state index < -0.39 is 41.6 Å². The van der Waals surface area contributed by atoms with Crippen molar-refractivity contribution < 1.29 is 19.1 Å². The molecule has 3 aromatic carbocycles. The Kier molecular flexibility index (Phi) is 15.2. The van der Waals surface area contributed by atoms with Crippen molar-refractivity contribution in [1.82, 2.24) is 5.32 Å². The fraction of sp³-hybridized carbons (Fsp3) is 0.310. The summed E-state index contributed by atoms with van der Waals surface area (Å²) >= 11 is 0. The van der Waals surface area contributed by atoms with Crippen LogP contribution in [-0.4, -0.2) is 50.3 Å². The molecule has 0 saturated carbocycles. The van der Waals surface area contributed by atoms with Gasteiger partial charge in [-0.2, -0.15) is 0 Å². The molecule has 0 aliphatic carbocycles. The van der Waals surface area contributed by atoms with Gasteiger partial charge < -0.3 is 15.2 Å².